The molecule has 0 saturated carbocycles. The molecule has 0 heterocycles. The van der Waals surface area contributed by atoms with Crippen LogP contribution in [0.15, 0.2) is 24.3 Å². The summed E-state index contributed by atoms with van der Waals surface area (Å²) >= 11 is 0. The SMILES string of the molecule is C/C=C\c1cccc(C)c1C. The molecule has 0 aromatic heterocycles. The minimum absolute atomic E-state index is 1.33. The summed E-state index contributed by atoms with van der Waals surface area (Å²) in [6.07, 6.45) is 4.21. The van der Waals surface area contributed by atoms with Crippen molar-refractivity contribution in [2.45, 2.75) is 20.8 Å². The predicted octanol–water partition coefficient (Wildman–Crippen LogP) is 3.34. The largest absolute Gasteiger partial charge is 0.0871 e. The summed E-state index contributed by atoms with van der Waals surface area (Å²) in [7, 11) is 0. The van der Waals surface area contributed by atoms with Crippen LogP contribution in [0.1, 0.15) is 23.6 Å². The van der Waals surface area contributed by atoms with Gasteiger partial charge in [-0.05, 0) is 37.5 Å². The van der Waals surface area contributed by atoms with E-state index in [4.69, 9.17) is 0 Å². The van der Waals surface area contributed by atoms with Gasteiger partial charge in [-0.3, -0.25) is 0 Å². The van der Waals surface area contributed by atoms with Crippen molar-refractivity contribution in [3.05, 3.63) is 41.0 Å². The Labute approximate surface area is 68.6 Å². The first kappa shape index (κ1) is 8.06. The molecule has 0 bridgehead atoms. The number of rotatable bonds is 1. The Kier molecular flexibility index (Phi) is 2.48. The van der Waals surface area contributed by atoms with Crippen LogP contribution >= 0.6 is 0 Å². The van der Waals surface area contributed by atoms with Crippen molar-refractivity contribution in [3.8, 4) is 0 Å². The van der Waals surface area contributed by atoms with Crippen molar-refractivity contribution in [2.75, 3.05) is 0 Å². The molecule has 0 heteroatoms. The normalized spacial score (nSPS) is 10.8. The molecule has 1 aromatic carbocycles. The van der Waals surface area contributed by atoms with Crippen LogP contribution in [0.3, 0.4) is 0 Å². The number of hydrogen-bond donors (Lipinski definition) is 0. The average Bonchev–Trinajstić information content (AvgIpc) is 1.99. The molecule has 0 aliphatic heterocycles. The first-order valence-corrected chi connectivity index (χ1v) is 3.94. The Bertz CT molecular complexity index is 269. The fourth-order valence-electron chi connectivity index (χ4n) is 1.13. The zero-order valence-corrected chi connectivity index (χ0v) is 7.39. The van der Waals surface area contributed by atoms with Crippen molar-refractivity contribution in [1.29, 1.82) is 0 Å². The van der Waals surface area contributed by atoms with Gasteiger partial charge in [-0.25, -0.2) is 0 Å². The molecule has 0 aliphatic rings. The van der Waals surface area contributed by atoms with Gasteiger partial charge in [-0.2, -0.15) is 0 Å². The van der Waals surface area contributed by atoms with E-state index in [1.807, 2.05) is 6.92 Å². The van der Waals surface area contributed by atoms with Gasteiger partial charge in [0, 0.05) is 0 Å². The number of allylic oxidation sites excluding steroid dienone is 1. The highest BCUT2D eigenvalue weighted by molar-refractivity contribution is 5.54. The summed E-state index contributed by atoms with van der Waals surface area (Å²) in [4.78, 5) is 0. The second-order valence-corrected chi connectivity index (χ2v) is 2.79. The monoisotopic (exact) mass is 146 g/mol. The molecule has 0 amide bonds. The third-order valence-corrected chi connectivity index (χ3v) is 1.99. The lowest BCUT2D eigenvalue weighted by Gasteiger charge is -2.02. The van der Waals surface area contributed by atoms with Crippen LogP contribution in [0.4, 0.5) is 0 Å². The van der Waals surface area contributed by atoms with E-state index in [0.29, 0.717) is 0 Å². The molecule has 1 rings (SSSR count). The van der Waals surface area contributed by atoms with E-state index in [1.54, 1.807) is 0 Å². The van der Waals surface area contributed by atoms with Gasteiger partial charge < -0.3 is 0 Å². The topological polar surface area (TPSA) is 0 Å². The molecular weight excluding hydrogens is 132 g/mol. The third kappa shape index (κ3) is 1.70. The van der Waals surface area contributed by atoms with Crippen LogP contribution in [0.5, 0.6) is 0 Å². The minimum Gasteiger partial charge on any atom is -0.0871 e. The van der Waals surface area contributed by atoms with E-state index in [1.165, 1.54) is 16.7 Å². The maximum Gasteiger partial charge on any atom is -0.0228 e. The number of benzene rings is 1. The molecule has 0 saturated heterocycles. The van der Waals surface area contributed by atoms with Gasteiger partial charge in [0.05, 0.1) is 0 Å². The average molecular weight is 146 g/mol. The second-order valence-electron chi connectivity index (χ2n) is 2.79. The van der Waals surface area contributed by atoms with E-state index in [-0.39, 0.29) is 0 Å². The van der Waals surface area contributed by atoms with E-state index in [9.17, 15) is 0 Å². The summed E-state index contributed by atoms with van der Waals surface area (Å²) in [5.74, 6) is 0. The molecule has 0 N–H and O–H groups in total. The van der Waals surface area contributed by atoms with Gasteiger partial charge in [-0.1, -0.05) is 30.4 Å². The molecule has 1 aromatic rings. The molecule has 0 fully saturated rings. The molecule has 0 atom stereocenters. The van der Waals surface area contributed by atoms with Crippen molar-refractivity contribution in [1.82, 2.24) is 0 Å². The standard InChI is InChI=1S/C11H14/c1-4-6-11-8-5-7-9(2)10(11)3/h4-8H,1-3H3/b6-4-. The van der Waals surface area contributed by atoms with E-state index in [0.717, 1.165) is 0 Å². The third-order valence-electron chi connectivity index (χ3n) is 1.99. The predicted molar refractivity (Wildman–Crippen MR) is 50.6 cm³/mol. The van der Waals surface area contributed by atoms with Crippen LogP contribution in [-0.4, -0.2) is 0 Å². The van der Waals surface area contributed by atoms with Gasteiger partial charge in [0.2, 0.25) is 0 Å². The Hall–Kier alpha value is -1.04. The zero-order chi connectivity index (χ0) is 8.27. The quantitative estimate of drug-likeness (QED) is 0.570. The first-order chi connectivity index (χ1) is 5.25. The first-order valence-electron chi connectivity index (χ1n) is 3.94. The van der Waals surface area contributed by atoms with Gasteiger partial charge in [0.1, 0.15) is 0 Å². The molecular formula is C11H14. The molecule has 0 radical (unpaired) electrons. The van der Waals surface area contributed by atoms with E-state index in [2.05, 4.69) is 44.2 Å². The lowest BCUT2D eigenvalue weighted by Crippen LogP contribution is -1.83. The van der Waals surface area contributed by atoms with Gasteiger partial charge in [0.15, 0.2) is 0 Å². The smallest absolute Gasteiger partial charge is 0.0228 e. The second kappa shape index (κ2) is 3.38. The number of aryl methyl sites for hydroxylation is 1. The summed E-state index contributed by atoms with van der Waals surface area (Å²) < 4.78 is 0. The molecule has 0 unspecified atom stereocenters. The maximum absolute atomic E-state index is 2.16. The van der Waals surface area contributed by atoms with Crippen molar-refractivity contribution in [3.63, 3.8) is 0 Å². The molecule has 11 heavy (non-hydrogen) atoms. The summed E-state index contributed by atoms with van der Waals surface area (Å²) in [5.41, 5.74) is 4.07. The fraction of sp³-hybridized carbons (Fsp3) is 0.273. The molecule has 0 nitrogen and oxygen atoms in total. The van der Waals surface area contributed by atoms with Crippen LogP contribution in [0.2, 0.25) is 0 Å². The van der Waals surface area contributed by atoms with Crippen molar-refractivity contribution >= 4 is 6.08 Å². The summed E-state index contributed by atoms with van der Waals surface area (Å²) in [5, 5.41) is 0. The highest BCUT2D eigenvalue weighted by atomic mass is 14.0. The van der Waals surface area contributed by atoms with E-state index >= 15 is 0 Å². The Morgan fingerprint density at radius 3 is 2.55 bits per heavy atom. The maximum atomic E-state index is 2.16. The van der Waals surface area contributed by atoms with Gasteiger partial charge in [0.25, 0.3) is 0 Å². The van der Waals surface area contributed by atoms with E-state index < -0.39 is 0 Å². The molecule has 0 spiro atoms. The lowest BCUT2D eigenvalue weighted by atomic mass is 10.0. The highest BCUT2D eigenvalue weighted by Crippen LogP contribution is 2.13. The summed E-state index contributed by atoms with van der Waals surface area (Å²) in [6, 6.07) is 6.38. The van der Waals surface area contributed by atoms with Crippen molar-refractivity contribution in [2.24, 2.45) is 0 Å². The molecule has 0 aliphatic carbocycles. The van der Waals surface area contributed by atoms with Crippen LogP contribution < -0.4 is 0 Å². The van der Waals surface area contributed by atoms with Crippen molar-refractivity contribution < 1.29 is 0 Å². The minimum atomic E-state index is 1.33. The van der Waals surface area contributed by atoms with Crippen LogP contribution in [0, 0.1) is 13.8 Å². The Morgan fingerprint density at radius 2 is 1.91 bits per heavy atom. The lowest BCUT2D eigenvalue weighted by molar-refractivity contribution is 1.32. The highest BCUT2D eigenvalue weighted by Gasteiger charge is 1.94. The zero-order valence-electron chi connectivity index (χ0n) is 7.39. The summed E-state index contributed by atoms with van der Waals surface area (Å²) in [6.45, 7) is 6.34. The van der Waals surface area contributed by atoms with Crippen LogP contribution in [-0.2, 0) is 0 Å². The Balaban J connectivity index is 3.16. The molecule has 58 valence electrons. The number of hydrogen-bond acceptors (Lipinski definition) is 0. The van der Waals surface area contributed by atoms with Gasteiger partial charge in [-0.15, -0.1) is 0 Å². The fourth-order valence-corrected chi connectivity index (χ4v) is 1.13. The Morgan fingerprint density at radius 1 is 1.18 bits per heavy atom. The van der Waals surface area contributed by atoms with Gasteiger partial charge >= 0.3 is 0 Å². The van der Waals surface area contributed by atoms with Crippen LogP contribution in [0.25, 0.3) is 6.08 Å².